The van der Waals surface area contributed by atoms with Crippen LogP contribution in [0.5, 0.6) is 0 Å². The molecule has 2 rings (SSSR count). The fourth-order valence-electron chi connectivity index (χ4n) is 4.62. The first-order valence-electron chi connectivity index (χ1n) is 8.72. The largest absolute Gasteiger partial charge is 0.314 e. The first-order valence-corrected chi connectivity index (χ1v) is 8.72. The predicted molar refractivity (Wildman–Crippen MR) is 84.3 cm³/mol. The summed E-state index contributed by atoms with van der Waals surface area (Å²) in [7, 11) is 0. The molecule has 1 spiro atoms. The van der Waals surface area contributed by atoms with E-state index in [1.165, 1.54) is 57.9 Å². The van der Waals surface area contributed by atoms with E-state index in [0.717, 1.165) is 29.2 Å². The molecule has 1 atom stereocenters. The Labute approximate surface area is 120 Å². The third-order valence-corrected chi connectivity index (χ3v) is 5.49. The third-order valence-electron chi connectivity index (χ3n) is 5.49. The van der Waals surface area contributed by atoms with E-state index in [4.69, 9.17) is 0 Å². The number of hydrogen-bond acceptors (Lipinski definition) is 1. The van der Waals surface area contributed by atoms with E-state index >= 15 is 0 Å². The van der Waals surface area contributed by atoms with E-state index < -0.39 is 0 Å². The van der Waals surface area contributed by atoms with Crippen molar-refractivity contribution in [2.75, 3.05) is 6.54 Å². The fraction of sp³-hybridized carbons (Fsp3) is 1.00. The molecule has 1 saturated carbocycles. The number of hydrogen-bond donors (Lipinski definition) is 1. The van der Waals surface area contributed by atoms with Crippen LogP contribution in [0.3, 0.4) is 0 Å². The molecule has 0 bridgehead atoms. The van der Waals surface area contributed by atoms with E-state index in [1.54, 1.807) is 0 Å². The molecule has 0 aromatic heterocycles. The molecule has 0 aromatic carbocycles. The molecule has 2 aliphatic rings. The molecule has 1 unspecified atom stereocenters. The topological polar surface area (TPSA) is 12.0 Å². The summed E-state index contributed by atoms with van der Waals surface area (Å²) >= 11 is 0. The Balaban J connectivity index is 1.83. The molecule has 19 heavy (non-hydrogen) atoms. The van der Waals surface area contributed by atoms with Gasteiger partial charge in [0, 0.05) is 6.04 Å². The van der Waals surface area contributed by atoms with Gasteiger partial charge in [-0.25, -0.2) is 0 Å². The average molecular weight is 265 g/mol. The van der Waals surface area contributed by atoms with E-state index in [9.17, 15) is 0 Å². The fourth-order valence-corrected chi connectivity index (χ4v) is 4.62. The van der Waals surface area contributed by atoms with Gasteiger partial charge in [0.25, 0.3) is 0 Å². The van der Waals surface area contributed by atoms with Gasteiger partial charge in [-0.3, -0.25) is 0 Å². The summed E-state index contributed by atoms with van der Waals surface area (Å²) < 4.78 is 0. The molecule has 1 saturated heterocycles. The molecule has 1 N–H and O–H groups in total. The van der Waals surface area contributed by atoms with Crippen molar-refractivity contribution in [1.82, 2.24) is 5.32 Å². The van der Waals surface area contributed by atoms with Crippen LogP contribution in [0.2, 0.25) is 0 Å². The van der Waals surface area contributed by atoms with Crippen LogP contribution >= 0.6 is 0 Å². The minimum Gasteiger partial charge on any atom is -0.314 e. The summed E-state index contributed by atoms with van der Waals surface area (Å²) in [6.07, 6.45) is 11.8. The third kappa shape index (κ3) is 4.48. The lowest BCUT2D eigenvalue weighted by Crippen LogP contribution is -2.46. The highest BCUT2D eigenvalue weighted by Gasteiger charge is 2.39. The van der Waals surface area contributed by atoms with Gasteiger partial charge in [0.05, 0.1) is 0 Å². The maximum Gasteiger partial charge on any atom is 0.00747 e. The van der Waals surface area contributed by atoms with Gasteiger partial charge in [-0.05, 0) is 81.1 Å². The number of nitrogens with one attached hydrogen (secondary N) is 1. The van der Waals surface area contributed by atoms with E-state index in [-0.39, 0.29) is 0 Å². The zero-order chi connectivity index (χ0) is 13.9. The Morgan fingerprint density at radius 1 is 0.947 bits per heavy atom. The Kier molecular flexibility index (Phi) is 5.34. The summed E-state index contributed by atoms with van der Waals surface area (Å²) in [5, 5.41) is 3.77. The molecular formula is C18H35N. The molecule has 0 amide bonds. The van der Waals surface area contributed by atoms with Crippen LogP contribution in [0.4, 0.5) is 0 Å². The summed E-state index contributed by atoms with van der Waals surface area (Å²) in [6.45, 7) is 10.8. The van der Waals surface area contributed by atoms with Crippen molar-refractivity contribution in [3.8, 4) is 0 Å². The molecule has 1 aliphatic heterocycles. The van der Waals surface area contributed by atoms with Crippen molar-refractivity contribution in [3.63, 3.8) is 0 Å². The quantitative estimate of drug-likeness (QED) is 0.753. The van der Waals surface area contributed by atoms with Crippen LogP contribution in [0, 0.1) is 23.2 Å². The van der Waals surface area contributed by atoms with Gasteiger partial charge in [-0.2, -0.15) is 0 Å². The van der Waals surface area contributed by atoms with Crippen molar-refractivity contribution >= 4 is 0 Å². The van der Waals surface area contributed by atoms with Crippen LogP contribution in [0.1, 0.15) is 79.1 Å². The second-order valence-corrected chi connectivity index (χ2v) is 8.31. The van der Waals surface area contributed by atoms with Crippen molar-refractivity contribution in [3.05, 3.63) is 0 Å². The maximum atomic E-state index is 3.77. The van der Waals surface area contributed by atoms with Crippen molar-refractivity contribution in [2.24, 2.45) is 23.2 Å². The Bertz CT molecular complexity index is 261. The van der Waals surface area contributed by atoms with Crippen LogP contribution in [0.15, 0.2) is 0 Å². The zero-order valence-electron chi connectivity index (χ0n) is 13.7. The summed E-state index contributed by atoms with van der Waals surface area (Å²) in [4.78, 5) is 0. The monoisotopic (exact) mass is 265 g/mol. The van der Waals surface area contributed by atoms with E-state index in [2.05, 4.69) is 33.0 Å². The van der Waals surface area contributed by atoms with E-state index in [1.807, 2.05) is 0 Å². The second kappa shape index (κ2) is 6.61. The standard InChI is InChI=1S/C18H35N/c1-14(2)11-16-5-7-18(8-6-16)9-10-19-17(13-18)12-15(3)4/h14-17,19H,5-13H2,1-4H3. The van der Waals surface area contributed by atoms with Crippen LogP contribution in [-0.4, -0.2) is 12.6 Å². The van der Waals surface area contributed by atoms with Gasteiger partial charge in [0.15, 0.2) is 0 Å². The summed E-state index contributed by atoms with van der Waals surface area (Å²) in [5.41, 5.74) is 0.721. The molecule has 1 heterocycles. The Morgan fingerprint density at radius 2 is 1.58 bits per heavy atom. The summed E-state index contributed by atoms with van der Waals surface area (Å²) in [6, 6.07) is 0.801. The van der Waals surface area contributed by atoms with Crippen molar-refractivity contribution in [1.29, 1.82) is 0 Å². The molecule has 1 heteroatoms. The lowest BCUT2D eigenvalue weighted by molar-refractivity contribution is 0.0731. The first kappa shape index (κ1) is 15.4. The first-order chi connectivity index (χ1) is 8.99. The van der Waals surface area contributed by atoms with Crippen molar-refractivity contribution < 1.29 is 0 Å². The van der Waals surface area contributed by atoms with Gasteiger partial charge in [0.1, 0.15) is 0 Å². The average Bonchev–Trinajstić information content (AvgIpc) is 2.31. The lowest BCUT2D eigenvalue weighted by atomic mass is 9.63. The molecule has 112 valence electrons. The smallest absolute Gasteiger partial charge is 0.00747 e. The molecule has 2 fully saturated rings. The minimum absolute atomic E-state index is 0.721. The zero-order valence-corrected chi connectivity index (χ0v) is 13.7. The van der Waals surface area contributed by atoms with Crippen molar-refractivity contribution in [2.45, 2.75) is 85.1 Å². The van der Waals surface area contributed by atoms with Gasteiger partial charge in [0.2, 0.25) is 0 Å². The number of rotatable bonds is 4. The normalized spacial score (nSPS) is 36.3. The Hall–Kier alpha value is -0.0400. The van der Waals surface area contributed by atoms with Gasteiger partial charge in [-0.15, -0.1) is 0 Å². The molecular weight excluding hydrogens is 230 g/mol. The molecule has 1 aliphatic carbocycles. The Morgan fingerprint density at radius 3 is 2.16 bits per heavy atom. The SMILES string of the molecule is CC(C)CC1CCC2(CCNC(CC(C)C)C2)CC1. The highest BCUT2D eigenvalue weighted by molar-refractivity contribution is 4.93. The van der Waals surface area contributed by atoms with Crippen LogP contribution in [0.25, 0.3) is 0 Å². The van der Waals surface area contributed by atoms with Gasteiger partial charge in [-0.1, -0.05) is 27.7 Å². The molecule has 0 aromatic rings. The highest BCUT2D eigenvalue weighted by Crippen LogP contribution is 2.48. The molecule has 0 radical (unpaired) electrons. The van der Waals surface area contributed by atoms with E-state index in [0.29, 0.717) is 0 Å². The van der Waals surface area contributed by atoms with Crippen LogP contribution in [-0.2, 0) is 0 Å². The van der Waals surface area contributed by atoms with Crippen LogP contribution < -0.4 is 5.32 Å². The maximum absolute atomic E-state index is 3.77. The van der Waals surface area contributed by atoms with Gasteiger partial charge < -0.3 is 5.32 Å². The highest BCUT2D eigenvalue weighted by atomic mass is 14.9. The number of piperidine rings is 1. The lowest BCUT2D eigenvalue weighted by Gasteiger charge is -2.46. The second-order valence-electron chi connectivity index (χ2n) is 8.31. The predicted octanol–water partition coefficient (Wildman–Crippen LogP) is 5.01. The minimum atomic E-state index is 0.721. The van der Waals surface area contributed by atoms with Gasteiger partial charge >= 0.3 is 0 Å². The molecule has 1 nitrogen and oxygen atoms in total. The summed E-state index contributed by atoms with van der Waals surface area (Å²) in [5.74, 6) is 2.76.